The van der Waals surface area contributed by atoms with Crippen LogP contribution in [0.2, 0.25) is 0 Å². The fourth-order valence-corrected chi connectivity index (χ4v) is 7.80. The van der Waals surface area contributed by atoms with Crippen LogP contribution >= 0.6 is 11.3 Å². The summed E-state index contributed by atoms with van der Waals surface area (Å²) >= 11 is 1.27. The lowest BCUT2D eigenvalue weighted by Crippen LogP contribution is -2.47. The number of nitrogens with zero attached hydrogens (tertiary/aromatic N) is 5. The van der Waals surface area contributed by atoms with E-state index in [1.807, 2.05) is 11.0 Å². The van der Waals surface area contributed by atoms with E-state index in [1.165, 1.54) is 16.0 Å². The Balaban J connectivity index is 1.63. The molecule has 36 heavy (non-hydrogen) atoms. The Morgan fingerprint density at radius 3 is 2.28 bits per heavy atom. The highest BCUT2D eigenvalue weighted by Crippen LogP contribution is 2.42. The third kappa shape index (κ3) is 5.56. The van der Waals surface area contributed by atoms with E-state index in [-0.39, 0.29) is 33.4 Å². The van der Waals surface area contributed by atoms with Gasteiger partial charge in [-0.2, -0.15) is 0 Å². The zero-order valence-electron chi connectivity index (χ0n) is 21.8. The zero-order chi connectivity index (χ0) is 26.2. The molecule has 198 valence electrons. The van der Waals surface area contributed by atoms with Gasteiger partial charge in [-0.25, -0.2) is 9.48 Å². The number of aromatic carboxylic acids is 1. The van der Waals surface area contributed by atoms with Crippen LogP contribution in [0.5, 0.6) is 0 Å². The summed E-state index contributed by atoms with van der Waals surface area (Å²) in [5, 5.41) is 21.7. The van der Waals surface area contributed by atoms with Crippen molar-refractivity contribution in [3.05, 3.63) is 15.8 Å². The van der Waals surface area contributed by atoms with Crippen molar-refractivity contribution in [1.29, 1.82) is 0 Å². The van der Waals surface area contributed by atoms with Crippen molar-refractivity contribution in [3.63, 3.8) is 0 Å². The molecule has 11 heteroatoms. The molecule has 2 saturated carbocycles. The van der Waals surface area contributed by atoms with E-state index in [2.05, 4.69) is 43.2 Å². The number of aryl methyl sites for hydroxylation is 1. The Bertz CT molecular complexity index is 1120. The number of anilines is 1. The van der Waals surface area contributed by atoms with Crippen LogP contribution in [0.1, 0.15) is 93.6 Å². The number of thiophene rings is 1. The second-order valence-corrected chi connectivity index (χ2v) is 14.0. The van der Waals surface area contributed by atoms with E-state index in [9.17, 15) is 18.9 Å². The third-order valence-corrected chi connectivity index (χ3v) is 10.9. The Morgan fingerprint density at radius 2 is 1.75 bits per heavy atom. The first-order chi connectivity index (χ1) is 17.0. The predicted molar refractivity (Wildman–Crippen MR) is 140 cm³/mol. The monoisotopic (exact) mass is 535 g/mol. The van der Waals surface area contributed by atoms with Crippen molar-refractivity contribution in [2.24, 2.45) is 18.9 Å². The molecular formula is C25H37N5O4S2. The number of aromatic nitrogens is 4. The van der Waals surface area contributed by atoms with Crippen molar-refractivity contribution in [2.75, 3.05) is 4.90 Å². The van der Waals surface area contributed by atoms with E-state index >= 15 is 0 Å². The first-order valence-electron chi connectivity index (χ1n) is 12.8. The molecule has 1 atom stereocenters. The molecule has 2 aliphatic rings. The summed E-state index contributed by atoms with van der Waals surface area (Å²) in [6.45, 7) is 8.41. The molecule has 2 fully saturated rings. The van der Waals surface area contributed by atoms with Gasteiger partial charge in [0.25, 0.3) is 0 Å². The fraction of sp³-hybridized carbons (Fsp3) is 0.720. The Hall–Kier alpha value is -2.14. The highest BCUT2D eigenvalue weighted by atomic mass is 32.2. The molecule has 0 spiro atoms. The smallest absolute Gasteiger partial charge is 0.348 e. The number of amides is 1. The first-order valence-corrected chi connectivity index (χ1v) is 14.8. The van der Waals surface area contributed by atoms with Crippen molar-refractivity contribution in [1.82, 2.24) is 20.2 Å². The molecule has 0 bridgehead atoms. The molecule has 0 aliphatic heterocycles. The Morgan fingerprint density at radius 1 is 1.11 bits per heavy atom. The van der Waals surface area contributed by atoms with Crippen molar-refractivity contribution in [3.8, 4) is 0 Å². The number of carboxylic acids is 1. The zero-order valence-corrected chi connectivity index (χ0v) is 23.4. The molecule has 2 aromatic rings. The summed E-state index contributed by atoms with van der Waals surface area (Å²) in [7, 11) is 0.352. The van der Waals surface area contributed by atoms with Crippen LogP contribution in [0.15, 0.2) is 11.2 Å². The molecular weight excluding hydrogens is 498 g/mol. The second-order valence-electron chi connectivity index (χ2n) is 11.4. The van der Waals surface area contributed by atoms with E-state index in [4.69, 9.17) is 0 Å². The number of hydrogen-bond acceptors (Lipinski definition) is 7. The number of carbonyl (C=O) groups excluding carboxylic acids is 1. The molecule has 0 saturated heterocycles. The maximum Gasteiger partial charge on any atom is 0.348 e. The SMILES string of the molecule is CC1CCC(C(=O)N(c2cc(C(C)(C)C)sc2C(=O)O)C2CCC(S(=O)c3nnnn3C)CC2)CC1. The van der Waals surface area contributed by atoms with Gasteiger partial charge < -0.3 is 10.0 Å². The average molecular weight is 536 g/mol. The van der Waals surface area contributed by atoms with E-state index < -0.39 is 16.8 Å². The van der Waals surface area contributed by atoms with Gasteiger partial charge in [-0.3, -0.25) is 9.00 Å². The second kappa shape index (κ2) is 10.7. The van der Waals surface area contributed by atoms with Gasteiger partial charge in [0.15, 0.2) is 0 Å². The normalized spacial score (nSPS) is 25.9. The number of hydrogen-bond donors (Lipinski definition) is 1. The largest absolute Gasteiger partial charge is 0.477 e. The molecule has 2 aliphatic carbocycles. The van der Waals surface area contributed by atoms with Gasteiger partial charge in [0, 0.05) is 29.1 Å². The molecule has 2 heterocycles. The quantitative estimate of drug-likeness (QED) is 0.577. The minimum Gasteiger partial charge on any atom is -0.477 e. The summed E-state index contributed by atoms with van der Waals surface area (Å²) < 4.78 is 14.5. The van der Waals surface area contributed by atoms with Crippen molar-refractivity contribution in [2.45, 2.75) is 101 Å². The predicted octanol–water partition coefficient (Wildman–Crippen LogP) is 4.55. The van der Waals surface area contributed by atoms with Crippen molar-refractivity contribution >= 4 is 39.7 Å². The van der Waals surface area contributed by atoms with Crippen LogP contribution < -0.4 is 4.90 Å². The van der Waals surface area contributed by atoms with Crippen molar-refractivity contribution < 1.29 is 18.9 Å². The van der Waals surface area contributed by atoms with Gasteiger partial charge in [0.05, 0.1) is 16.5 Å². The average Bonchev–Trinajstić information content (AvgIpc) is 3.46. The third-order valence-electron chi connectivity index (χ3n) is 7.58. The molecule has 0 aromatic carbocycles. The van der Waals surface area contributed by atoms with Crippen LogP contribution in [0.3, 0.4) is 0 Å². The molecule has 1 unspecified atom stereocenters. The van der Waals surface area contributed by atoms with Gasteiger partial charge in [0.1, 0.15) is 4.88 Å². The Labute approximate surface area is 219 Å². The highest BCUT2D eigenvalue weighted by Gasteiger charge is 2.39. The molecule has 9 nitrogen and oxygen atoms in total. The number of tetrazole rings is 1. The maximum atomic E-state index is 14.0. The first kappa shape index (κ1) is 26.9. The van der Waals surface area contributed by atoms with E-state index in [0.29, 0.717) is 42.4 Å². The molecule has 1 N–H and O–H groups in total. The number of carbonyl (C=O) groups is 2. The minimum absolute atomic E-state index is 0.0460. The van der Waals surface area contributed by atoms with E-state index in [0.717, 1.165) is 30.6 Å². The maximum absolute atomic E-state index is 14.0. The summed E-state index contributed by atoms with van der Waals surface area (Å²) in [6, 6.07) is 1.80. The van der Waals surface area contributed by atoms with Gasteiger partial charge in [0.2, 0.25) is 11.1 Å². The summed E-state index contributed by atoms with van der Waals surface area (Å²) in [5.41, 5.74) is 0.309. The van der Waals surface area contributed by atoms with Crippen LogP contribution in [-0.4, -0.2) is 52.7 Å². The van der Waals surface area contributed by atoms with Crippen LogP contribution in [0.25, 0.3) is 0 Å². The van der Waals surface area contributed by atoms with Gasteiger partial charge in [-0.05, 0) is 79.2 Å². The van der Waals surface area contributed by atoms with Crippen LogP contribution in [0, 0.1) is 11.8 Å². The molecule has 1 amide bonds. The van der Waals surface area contributed by atoms with Gasteiger partial charge in [-0.15, -0.1) is 11.3 Å². The molecule has 0 radical (unpaired) electrons. The lowest BCUT2D eigenvalue weighted by molar-refractivity contribution is -0.124. The Kier molecular flexibility index (Phi) is 7.99. The lowest BCUT2D eigenvalue weighted by atomic mass is 9.81. The highest BCUT2D eigenvalue weighted by molar-refractivity contribution is 7.85. The fourth-order valence-electron chi connectivity index (χ4n) is 5.34. The summed E-state index contributed by atoms with van der Waals surface area (Å²) in [4.78, 5) is 29.3. The minimum atomic E-state index is -1.33. The summed E-state index contributed by atoms with van der Waals surface area (Å²) in [6.07, 6.45) is 6.37. The van der Waals surface area contributed by atoms with E-state index in [1.54, 1.807) is 7.05 Å². The standard InChI is InChI=1S/C25H37N5O4S2/c1-15-6-8-16(9-7-15)22(31)30(19-14-20(25(2,3)4)35-21(19)23(32)33)17-10-12-18(13-11-17)36(34)24-26-27-28-29(24)5/h14-18H,6-13H2,1-5H3,(H,32,33). The molecule has 4 rings (SSSR count). The lowest BCUT2D eigenvalue weighted by Gasteiger charge is -2.39. The number of carboxylic acid groups (broad SMARTS) is 1. The van der Waals surface area contributed by atoms with Crippen LogP contribution in [-0.2, 0) is 28.1 Å². The topological polar surface area (TPSA) is 118 Å². The van der Waals surface area contributed by atoms with Gasteiger partial charge >= 0.3 is 5.97 Å². The molecule has 2 aromatic heterocycles. The number of rotatable bonds is 6. The van der Waals surface area contributed by atoms with Crippen LogP contribution in [0.4, 0.5) is 5.69 Å². The van der Waals surface area contributed by atoms with Gasteiger partial charge in [-0.1, -0.05) is 32.8 Å². The summed E-state index contributed by atoms with van der Waals surface area (Å²) in [5.74, 6) is -0.418.